The summed E-state index contributed by atoms with van der Waals surface area (Å²) in [6.07, 6.45) is 5.07. The molecule has 0 unspecified atom stereocenters. The Morgan fingerprint density at radius 3 is 2.35 bits per heavy atom. The average molecular weight is 340 g/mol. The number of hydrogen-bond donors (Lipinski definition) is 2. The van der Waals surface area contributed by atoms with E-state index in [2.05, 4.69) is 20.5 Å². The number of phenolic OH excluding ortho intramolecular Hbond substituents is 1. The van der Waals surface area contributed by atoms with Gasteiger partial charge in [0.15, 0.2) is 0 Å². The first kappa shape index (κ1) is 15.8. The molecule has 4 rings (SSSR count). The lowest BCUT2D eigenvalue weighted by atomic mass is 10.0. The van der Waals surface area contributed by atoms with Crippen LogP contribution in [-0.4, -0.2) is 21.3 Å². The molecule has 0 amide bonds. The van der Waals surface area contributed by atoms with Gasteiger partial charge in [-0.2, -0.15) is 5.10 Å². The maximum atomic E-state index is 10.1. The Morgan fingerprint density at radius 1 is 0.808 bits per heavy atom. The van der Waals surface area contributed by atoms with E-state index >= 15 is 0 Å². The quantitative estimate of drug-likeness (QED) is 0.425. The zero-order valence-electron chi connectivity index (χ0n) is 13.9. The highest BCUT2D eigenvalue weighted by atomic mass is 16.3. The van der Waals surface area contributed by atoms with Crippen molar-refractivity contribution in [2.24, 2.45) is 5.10 Å². The summed E-state index contributed by atoms with van der Waals surface area (Å²) in [4.78, 5) is 8.55. The van der Waals surface area contributed by atoms with Crippen LogP contribution in [0.5, 0.6) is 5.75 Å². The predicted octanol–water partition coefficient (Wildman–Crippen LogP) is 4.45. The molecule has 0 fully saturated rings. The smallest absolute Gasteiger partial charge is 0.243 e. The summed E-state index contributed by atoms with van der Waals surface area (Å²) in [6.45, 7) is 0. The van der Waals surface area contributed by atoms with Crippen molar-refractivity contribution in [2.45, 2.75) is 0 Å². The standard InChI is InChI=1S/C21H16N4O/c26-20-11-10-16-8-4-5-9-18(16)19(20)14-24-25-21-22-12-17(13-23-21)15-6-2-1-3-7-15/h1-14,26H,(H,22,23,25). The van der Waals surface area contributed by atoms with Gasteiger partial charge in [-0.15, -0.1) is 0 Å². The van der Waals surface area contributed by atoms with Crippen LogP contribution in [-0.2, 0) is 0 Å². The second-order valence-electron chi connectivity index (χ2n) is 5.75. The van der Waals surface area contributed by atoms with Crippen LogP contribution in [0, 0.1) is 0 Å². The molecular weight excluding hydrogens is 324 g/mol. The number of hydrazone groups is 1. The third-order valence-corrected chi connectivity index (χ3v) is 4.06. The predicted molar refractivity (Wildman–Crippen MR) is 104 cm³/mol. The molecule has 2 N–H and O–H groups in total. The Morgan fingerprint density at radius 2 is 1.54 bits per heavy atom. The van der Waals surface area contributed by atoms with Crippen LogP contribution in [0.15, 0.2) is 84.2 Å². The maximum Gasteiger partial charge on any atom is 0.243 e. The van der Waals surface area contributed by atoms with Crippen LogP contribution in [0.4, 0.5) is 5.95 Å². The van der Waals surface area contributed by atoms with Gasteiger partial charge in [-0.25, -0.2) is 15.4 Å². The van der Waals surface area contributed by atoms with Crippen LogP contribution < -0.4 is 5.43 Å². The fraction of sp³-hybridized carbons (Fsp3) is 0. The largest absolute Gasteiger partial charge is 0.507 e. The maximum absolute atomic E-state index is 10.1. The van der Waals surface area contributed by atoms with Crippen LogP contribution in [0.25, 0.3) is 21.9 Å². The lowest BCUT2D eigenvalue weighted by Crippen LogP contribution is -1.97. The minimum atomic E-state index is 0.176. The number of hydrogen-bond acceptors (Lipinski definition) is 5. The van der Waals surface area contributed by atoms with Crippen molar-refractivity contribution in [3.63, 3.8) is 0 Å². The van der Waals surface area contributed by atoms with E-state index < -0.39 is 0 Å². The minimum Gasteiger partial charge on any atom is -0.507 e. The molecular formula is C21H16N4O. The number of rotatable bonds is 4. The number of anilines is 1. The number of aromatic hydroxyl groups is 1. The number of nitrogens with zero attached hydrogens (tertiary/aromatic N) is 3. The molecule has 0 saturated carbocycles. The summed E-state index contributed by atoms with van der Waals surface area (Å²) in [6, 6.07) is 21.3. The van der Waals surface area contributed by atoms with E-state index in [1.54, 1.807) is 24.7 Å². The molecule has 3 aromatic carbocycles. The van der Waals surface area contributed by atoms with Crippen molar-refractivity contribution in [3.8, 4) is 16.9 Å². The van der Waals surface area contributed by atoms with Gasteiger partial charge in [-0.1, -0.05) is 60.7 Å². The summed E-state index contributed by atoms with van der Waals surface area (Å²) in [7, 11) is 0. The normalized spacial score (nSPS) is 11.1. The summed E-state index contributed by atoms with van der Waals surface area (Å²) >= 11 is 0. The summed E-state index contributed by atoms with van der Waals surface area (Å²) in [5.74, 6) is 0.565. The first-order valence-corrected chi connectivity index (χ1v) is 8.18. The number of nitrogens with one attached hydrogen (secondary N) is 1. The zero-order valence-corrected chi connectivity index (χ0v) is 13.9. The molecule has 0 radical (unpaired) electrons. The molecule has 0 atom stereocenters. The third kappa shape index (κ3) is 3.23. The topological polar surface area (TPSA) is 70.4 Å². The second-order valence-corrected chi connectivity index (χ2v) is 5.75. The molecule has 5 nitrogen and oxygen atoms in total. The molecule has 0 saturated heterocycles. The third-order valence-electron chi connectivity index (χ3n) is 4.06. The van der Waals surface area contributed by atoms with E-state index in [-0.39, 0.29) is 5.75 Å². The SMILES string of the molecule is Oc1ccc2ccccc2c1C=NNc1ncc(-c2ccccc2)cn1. The molecule has 0 spiro atoms. The lowest BCUT2D eigenvalue weighted by molar-refractivity contribution is 0.475. The molecule has 0 bridgehead atoms. The van der Waals surface area contributed by atoms with Gasteiger partial charge < -0.3 is 5.11 Å². The first-order chi connectivity index (χ1) is 12.8. The highest BCUT2D eigenvalue weighted by Crippen LogP contribution is 2.25. The molecule has 5 heteroatoms. The monoisotopic (exact) mass is 340 g/mol. The minimum absolute atomic E-state index is 0.176. The van der Waals surface area contributed by atoms with Crippen molar-refractivity contribution in [1.82, 2.24) is 9.97 Å². The first-order valence-electron chi connectivity index (χ1n) is 8.18. The second kappa shape index (κ2) is 7.03. The number of benzene rings is 3. The lowest BCUT2D eigenvalue weighted by Gasteiger charge is -2.05. The van der Waals surface area contributed by atoms with Gasteiger partial charge in [-0.05, 0) is 22.4 Å². The Labute approximate surface area is 150 Å². The van der Waals surface area contributed by atoms with Gasteiger partial charge in [0.05, 0.1) is 6.21 Å². The van der Waals surface area contributed by atoms with Crippen LogP contribution in [0.3, 0.4) is 0 Å². The van der Waals surface area contributed by atoms with E-state index in [4.69, 9.17) is 0 Å². The zero-order chi connectivity index (χ0) is 17.8. The van der Waals surface area contributed by atoms with Crippen molar-refractivity contribution in [2.75, 3.05) is 5.43 Å². The van der Waals surface area contributed by atoms with Crippen molar-refractivity contribution >= 4 is 22.9 Å². The Balaban J connectivity index is 1.54. The van der Waals surface area contributed by atoms with Gasteiger partial charge in [0, 0.05) is 23.5 Å². The summed E-state index contributed by atoms with van der Waals surface area (Å²) < 4.78 is 0. The van der Waals surface area contributed by atoms with Gasteiger partial charge in [0.25, 0.3) is 0 Å². The molecule has 0 aliphatic heterocycles. The van der Waals surface area contributed by atoms with Gasteiger partial charge in [0.1, 0.15) is 5.75 Å². The number of fused-ring (bicyclic) bond motifs is 1. The Bertz CT molecular complexity index is 1060. The number of aromatic nitrogens is 2. The van der Waals surface area contributed by atoms with E-state index in [0.717, 1.165) is 21.9 Å². The Kier molecular flexibility index (Phi) is 4.26. The van der Waals surface area contributed by atoms with Crippen LogP contribution >= 0.6 is 0 Å². The molecule has 4 aromatic rings. The molecule has 1 heterocycles. The van der Waals surface area contributed by atoms with E-state index in [1.165, 1.54) is 0 Å². The van der Waals surface area contributed by atoms with Gasteiger partial charge in [0.2, 0.25) is 5.95 Å². The van der Waals surface area contributed by atoms with E-state index in [9.17, 15) is 5.11 Å². The van der Waals surface area contributed by atoms with Crippen LogP contribution in [0.1, 0.15) is 5.56 Å². The van der Waals surface area contributed by atoms with E-state index in [0.29, 0.717) is 11.5 Å². The fourth-order valence-corrected chi connectivity index (χ4v) is 2.74. The number of phenols is 1. The van der Waals surface area contributed by atoms with Gasteiger partial charge in [-0.3, -0.25) is 0 Å². The van der Waals surface area contributed by atoms with Crippen molar-refractivity contribution < 1.29 is 5.11 Å². The fourth-order valence-electron chi connectivity index (χ4n) is 2.74. The highest BCUT2D eigenvalue weighted by Gasteiger charge is 2.04. The van der Waals surface area contributed by atoms with Crippen molar-refractivity contribution in [1.29, 1.82) is 0 Å². The van der Waals surface area contributed by atoms with Crippen molar-refractivity contribution in [3.05, 3.63) is 84.7 Å². The molecule has 126 valence electrons. The van der Waals surface area contributed by atoms with Gasteiger partial charge >= 0.3 is 0 Å². The molecule has 0 aliphatic carbocycles. The average Bonchev–Trinajstić information content (AvgIpc) is 2.71. The molecule has 1 aromatic heterocycles. The Hall–Kier alpha value is -3.73. The summed E-state index contributed by atoms with van der Waals surface area (Å²) in [5.41, 5.74) is 5.44. The highest BCUT2D eigenvalue weighted by molar-refractivity contribution is 6.02. The van der Waals surface area contributed by atoms with Crippen LogP contribution in [0.2, 0.25) is 0 Å². The summed E-state index contributed by atoms with van der Waals surface area (Å²) in [5, 5.41) is 16.2. The molecule has 26 heavy (non-hydrogen) atoms. The molecule has 0 aliphatic rings. The van der Waals surface area contributed by atoms with E-state index in [1.807, 2.05) is 60.7 Å².